The fraction of sp³-hybridized carbons (Fsp3) is 0.235. The second kappa shape index (κ2) is 6.94. The Hall–Kier alpha value is -2.87. The fourth-order valence-electron chi connectivity index (χ4n) is 2.40. The molecule has 3 rings (SSSR count). The van der Waals surface area contributed by atoms with Crippen LogP contribution in [0.3, 0.4) is 0 Å². The van der Waals surface area contributed by atoms with Gasteiger partial charge in [0, 0.05) is 23.9 Å². The van der Waals surface area contributed by atoms with Gasteiger partial charge in [0.25, 0.3) is 0 Å². The predicted molar refractivity (Wildman–Crippen MR) is 96.8 cm³/mol. The molecule has 8 heteroatoms. The molecule has 0 saturated carbocycles. The molecule has 2 aromatic heterocycles. The van der Waals surface area contributed by atoms with Gasteiger partial charge >= 0.3 is 0 Å². The number of hydrogen-bond acceptors (Lipinski definition) is 6. The van der Waals surface area contributed by atoms with Crippen LogP contribution in [-0.4, -0.2) is 34.9 Å². The Morgan fingerprint density at radius 1 is 1.20 bits per heavy atom. The Kier molecular flexibility index (Phi) is 4.71. The summed E-state index contributed by atoms with van der Waals surface area (Å²) >= 11 is 1.44. The van der Waals surface area contributed by atoms with Gasteiger partial charge in [-0.05, 0) is 25.1 Å². The minimum atomic E-state index is -0.155. The van der Waals surface area contributed by atoms with Crippen LogP contribution in [0.5, 0.6) is 11.5 Å². The monoisotopic (exact) mass is 358 g/mol. The molecule has 25 heavy (non-hydrogen) atoms. The van der Waals surface area contributed by atoms with Crippen molar-refractivity contribution in [2.45, 2.75) is 13.8 Å². The highest BCUT2D eigenvalue weighted by Gasteiger charge is 2.14. The molecule has 3 aromatic rings. The molecule has 2 heterocycles. The van der Waals surface area contributed by atoms with Crippen molar-refractivity contribution in [1.82, 2.24) is 14.8 Å². The molecule has 0 aliphatic carbocycles. The van der Waals surface area contributed by atoms with Gasteiger partial charge < -0.3 is 14.8 Å². The van der Waals surface area contributed by atoms with E-state index in [2.05, 4.69) is 15.4 Å². The van der Waals surface area contributed by atoms with Gasteiger partial charge in [0.2, 0.25) is 11.0 Å². The third-order valence-corrected chi connectivity index (χ3v) is 4.30. The summed E-state index contributed by atoms with van der Waals surface area (Å²) in [7, 11) is 3.20. The van der Waals surface area contributed by atoms with E-state index >= 15 is 0 Å². The normalized spacial score (nSPS) is 10.6. The number of anilines is 1. The van der Waals surface area contributed by atoms with E-state index in [9.17, 15) is 4.79 Å². The first-order chi connectivity index (χ1) is 12.0. The van der Waals surface area contributed by atoms with Crippen LogP contribution in [0.1, 0.15) is 12.6 Å². The molecule has 0 bridgehead atoms. The minimum absolute atomic E-state index is 0.155. The van der Waals surface area contributed by atoms with Gasteiger partial charge in [-0.2, -0.15) is 9.78 Å². The zero-order chi connectivity index (χ0) is 18.0. The summed E-state index contributed by atoms with van der Waals surface area (Å²) in [5.74, 6) is 1.75. The van der Waals surface area contributed by atoms with Crippen LogP contribution in [0.2, 0.25) is 0 Å². The highest BCUT2D eigenvalue weighted by Crippen LogP contribution is 2.33. The van der Waals surface area contributed by atoms with Crippen LogP contribution in [0.15, 0.2) is 29.6 Å². The zero-order valence-electron chi connectivity index (χ0n) is 14.4. The molecule has 7 nitrogen and oxygen atoms in total. The molecule has 1 N–H and O–H groups in total. The van der Waals surface area contributed by atoms with E-state index in [4.69, 9.17) is 9.47 Å². The number of nitrogens with zero attached hydrogens (tertiary/aromatic N) is 3. The van der Waals surface area contributed by atoms with Gasteiger partial charge in [0.05, 0.1) is 25.6 Å². The molecule has 1 aromatic carbocycles. The average Bonchev–Trinajstić information content (AvgIpc) is 3.20. The van der Waals surface area contributed by atoms with Crippen molar-refractivity contribution in [3.05, 3.63) is 35.3 Å². The third kappa shape index (κ3) is 3.48. The maximum Gasteiger partial charge on any atom is 0.222 e. The predicted octanol–water partition coefficient (Wildman–Crippen LogP) is 3.28. The maximum absolute atomic E-state index is 11.4. The molecule has 0 atom stereocenters. The van der Waals surface area contributed by atoms with Crippen LogP contribution in [-0.2, 0) is 4.79 Å². The molecular formula is C17H18N4O3S. The quantitative estimate of drug-likeness (QED) is 0.757. The lowest BCUT2D eigenvalue weighted by atomic mass is 10.1. The summed E-state index contributed by atoms with van der Waals surface area (Å²) in [6.07, 6.45) is 0. The molecular weight excluding hydrogens is 340 g/mol. The summed E-state index contributed by atoms with van der Waals surface area (Å²) in [4.78, 5) is 16.0. The van der Waals surface area contributed by atoms with Crippen molar-refractivity contribution < 1.29 is 14.3 Å². The number of nitrogens with one attached hydrogen (secondary N) is 1. The molecule has 0 fully saturated rings. The summed E-state index contributed by atoms with van der Waals surface area (Å²) < 4.78 is 12.2. The number of aromatic nitrogens is 3. The number of rotatable bonds is 5. The first-order valence-corrected chi connectivity index (χ1v) is 8.42. The van der Waals surface area contributed by atoms with Crippen LogP contribution >= 0.6 is 11.3 Å². The lowest BCUT2D eigenvalue weighted by molar-refractivity contribution is -0.114. The first-order valence-electron chi connectivity index (χ1n) is 7.54. The number of ether oxygens (including phenoxy) is 2. The number of benzene rings is 1. The standard InChI is InChI=1S/C17H18N4O3S/c1-10-7-16(18-11(2)22)21(20-10)17-19-13(9-25-17)12-5-6-14(23-3)15(8-12)24-4/h5-9H,1-4H3,(H,18,22). The van der Waals surface area contributed by atoms with Crippen molar-refractivity contribution in [1.29, 1.82) is 0 Å². The van der Waals surface area contributed by atoms with Crippen LogP contribution < -0.4 is 14.8 Å². The zero-order valence-corrected chi connectivity index (χ0v) is 15.2. The molecule has 0 aliphatic heterocycles. The van der Waals surface area contributed by atoms with Crippen LogP contribution in [0.25, 0.3) is 16.4 Å². The molecule has 0 aliphatic rings. The third-order valence-electron chi connectivity index (χ3n) is 3.49. The topological polar surface area (TPSA) is 78.3 Å². The van der Waals surface area contributed by atoms with Crippen molar-refractivity contribution in [2.75, 3.05) is 19.5 Å². The van der Waals surface area contributed by atoms with E-state index in [0.29, 0.717) is 22.4 Å². The average molecular weight is 358 g/mol. The second-order valence-corrected chi connectivity index (χ2v) is 6.19. The summed E-state index contributed by atoms with van der Waals surface area (Å²) in [5, 5.41) is 9.78. The van der Waals surface area contributed by atoms with E-state index in [1.54, 1.807) is 25.0 Å². The number of hydrogen-bond donors (Lipinski definition) is 1. The molecule has 0 saturated heterocycles. The van der Waals surface area contributed by atoms with E-state index in [1.807, 2.05) is 30.5 Å². The van der Waals surface area contributed by atoms with Gasteiger partial charge in [-0.3, -0.25) is 4.79 Å². The van der Waals surface area contributed by atoms with Gasteiger partial charge in [-0.15, -0.1) is 11.3 Å². The Morgan fingerprint density at radius 3 is 2.64 bits per heavy atom. The lowest BCUT2D eigenvalue weighted by Gasteiger charge is -2.08. The Balaban J connectivity index is 1.97. The highest BCUT2D eigenvalue weighted by molar-refractivity contribution is 7.12. The van der Waals surface area contributed by atoms with Crippen LogP contribution in [0, 0.1) is 6.92 Å². The number of methoxy groups -OCH3 is 2. The Morgan fingerprint density at radius 2 is 1.96 bits per heavy atom. The summed E-state index contributed by atoms with van der Waals surface area (Å²) in [6.45, 7) is 3.33. The summed E-state index contributed by atoms with van der Waals surface area (Å²) in [6, 6.07) is 7.44. The van der Waals surface area contributed by atoms with E-state index in [-0.39, 0.29) is 5.91 Å². The lowest BCUT2D eigenvalue weighted by Crippen LogP contribution is -2.10. The van der Waals surface area contributed by atoms with E-state index in [1.165, 1.54) is 18.3 Å². The minimum Gasteiger partial charge on any atom is -0.493 e. The van der Waals surface area contributed by atoms with Crippen molar-refractivity contribution >= 4 is 23.1 Å². The number of aryl methyl sites for hydroxylation is 1. The van der Waals surface area contributed by atoms with Crippen molar-refractivity contribution in [3.8, 4) is 27.9 Å². The van der Waals surface area contributed by atoms with Gasteiger partial charge in [0.15, 0.2) is 11.5 Å². The van der Waals surface area contributed by atoms with Crippen molar-refractivity contribution in [3.63, 3.8) is 0 Å². The number of amides is 1. The SMILES string of the molecule is COc1ccc(-c2csc(-n3nc(C)cc3NC(C)=O)n2)cc1OC. The maximum atomic E-state index is 11.4. The number of carbonyl (C=O) groups is 1. The Bertz CT molecular complexity index is 917. The largest absolute Gasteiger partial charge is 0.493 e. The van der Waals surface area contributed by atoms with E-state index < -0.39 is 0 Å². The van der Waals surface area contributed by atoms with Gasteiger partial charge in [0.1, 0.15) is 5.82 Å². The smallest absolute Gasteiger partial charge is 0.222 e. The molecule has 0 unspecified atom stereocenters. The first kappa shape index (κ1) is 17.0. The number of carbonyl (C=O) groups excluding carboxylic acids is 1. The molecule has 0 spiro atoms. The van der Waals surface area contributed by atoms with Gasteiger partial charge in [-0.25, -0.2) is 4.98 Å². The summed E-state index contributed by atoms with van der Waals surface area (Å²) in [5.41, 5.74) is 2.50. The number of thiazole rings is 1. The Labute approximate surface area is 149 Å². The van der Waals surface area contributed by atoms with Crippen LogP contribution in [0.4, 0.5) is 5.82 Å². The second-order valence-electron chi connectivity index (χ2n) is 5.35. The van der Waals surface area contributed by atoms with Crippen molar-refractivity contribution in [2.24, 2.45) is 0 Å². The van der Waals surface area contributed by atoms with E-state index in [0.717, 1.165) is 17.0 Å². The highest BCUT2D eigenvalue weighted by atomic mass is 32.1. The molecule has 130 valence electrons. The fourth-order valence-corrected chi connectivity index (χ4v) is 3.20. The molecule has 1 amide bonds. The molecule has 0 radical (unpaired) electrons. The van der Waals surface area contributed by atoms with Gasteiger partial charge in [-0.1, -0.05) is 0 Å².